The maximum atomic E-state index is 12.0. The Labute approximate surface area is 210 Å². The lowest BCUT2D eigenvalue weighted by molar-refractivity contribution is -0.142. The van der Waals surface area contributed by atoms with Crippen molar-refractivity contribution >= 4 is 5.97 Å². The van der Waals surface area contributed by atoms with Gasteiger partial charge in [0, 0.05) is 0 Å². The average molecular weight is 475 g/mol. The van der Waals surface area contributed by atoms with Crippen molar-refractivity contribution < 1.29 is 15.0 Å². The molecule has 0 aliphatic carbocycles. The summed E-state index contributed by atoms with van der Waals surface area (Å²) in [5.41, 5.74) is 2.69. The molecule has 0 aliphatic rings. The van der Waals surface area contributed by atoms with Crippen molar-refractivity contribution in [2.24, 2.45) is 5.92 Å². The zero-order chi connectivity index (χ0) is 25.6. The lowest BCUT2D eigenvalue weighted by atomic mass is 9.81. The van der Waals surface area contributed by atoms with E-state index in [0.29, 0.717) is 12.2 Å². The number of hydrogen-bond donors (Lipinski definition) is 2. The minimum Gasteiger partial charge on any atom is -0.507 e. The van der Waals surface area contributed by atoms with Crippen LogP contribution in [0.3, 0.4) is 0 Å². The number of carboxylic acids is 1. The van der Waals surface area contributed by atoms with Crippen LogP contribution in [-0.4, -0.2) is 16.2 Å². The Kier molecular flexibility index (Phi) is 14.6. The van der Waals surface area contributed by atoms with Crippen molar-refractivity contribution in [3.05, 3.63) is 28.8 Å². The van der Waals surface area contributed by atoms with Gasteiger partial charge in [-0.25, -0.2) is 0 Å². The molecule has 1 rings (SSSR count). The van der Waals surface area contributed by atoms with Crippen LogP contribution in [0.4, 0.5) is 0 Å². The van der Waals surface area contributed by atoms with Crippen LogP contribution in [-0.2, 0) is 16.6 Å². The smallest absolute Gasteiger partial charge is 0.306 e. The summed E-state index contributed by atoms with van der Waals surface area (Å²) in [5.74, 6) is -0.486. The molecule has 3 heteroatoms. The monoisotopic (exact) mass is 474 g/mol. The highest BCUT2D eigenvalue weighted by Crippen LogP contribution is 2.38. The first-order valence-electron chi connectivity index (χ1n) is 14.2. The van der Waals surface area contributed by atoms with E-state index in [1.165, 1.54) is 70.6 Å². The number of benzene rings is 1. The number of aromatic hydroxyl groups is 1. The largest absolute Gasteiger partial charge is 0.507 e. The first-order chi connectivity index (χ1) is 16.1. The predicted molar refractivity (Wildman–Crippen MR) is 146 cm³/mol. The second kappa shape index (κ2) is 16.2. The Balaban J connectivity index is 2.43. The molecule has 1 atom stereocenters. The Morgan fingerprint density at radius 1 is 0.824 bits per heavy atom. The van der Waals surface area contributed by atoms with E-state index in [9.17, 15) is 15.0 Å². The van der Waals surface area contributed by atoms with Gasteiger partial charge in [-0.05, 0) is 40.9 Å². The summed E-state index contributed by atoms with van der Waals surface area (Å²) in [6.07, 6.45) is 18.2. The van der Waals surface area contributed by atoms with E-state index in [-0.39, 0.29) is 17.3 Å². The summed E-state index contributed by atoms with van der Waals surface area (Å²) in [7, 11) is 0. The third kappa shape index (κ3) is 11.8. The van der Waals surface area contributed by atoms with Gasteiger partial charge in [-0.2, -0.15) is 0 Å². The molecular weight excluding hydrogens is 420 g/mol. The fourth-order valence-corrected chi connectivity index (χ4v) is 4.85. The van der Waals surface area contributed by atoms with Gasteiger partial charge in [0.25, 0.3) is 0 Å². The highest BCUT2D eigenvalue weighted by atomic mass is 16.4. The van der Waals surface area contributed by atoms with Crippen molar-refractivity contribution in [2.75, 3.05) is 0 Å². The molecule has 0 amide bonds. The SMILES string of the molecule is CCCCCCCCCCCCCCCC(Cc1cc(C(C)C)c(O)c(C(C)(C)C)c1)C(=O)O. The Bertz CT molecular complexity index is 699. The fraction of sp³-hybridized carbons (Fsp3) is 0.774. The Hall–Kier alpha value is -1.51. The van der Waals surface area contributed by atoms with Gasteiger partial charge < -0.3 is 10.2 Å². The van der Waals surface area contributed by atoms with Crippen LogP contribution in [0.2, 0.25) is 0 Å². The Morgan fingerprint density at radius 2 is 1.29 bits per heavy atom. The number of carbonyl (C=O) groups is 1. The molecule has 0 fully saturated rings. The Morgan fingerprint density at radius 3 is 1.71 bits per heavy atom. The van der Waals surface area contributed by atoms with Crippen LogP contribution in [0.15, 0.2) is 12.1 Å². The molecule has 0 bridgehead atoms. The van der Waals surface area contributed by atoms with Crippen molar-refractivity contribution in [1.29, 1.82) is 0 Å². The number of hydrogen-bond acceptors (Lipinski definition) is 2. The van der Waals surface area contributed by atoms with E-state index in [1.807, 2.05) is 12.1 Å². The molecular formula is C31H54O3. The van der Waals surface area contributed by atoms with Crippen LogP contribution in [0.1, 0.15) is 154 Å². The molecule has 1 aromatic rings. The molecule has 34 heavy (non-hydrogen) atoms. The molecule has 1 unspecified atom stereocenters. The highest BCUT2D eigenvalue weighted by Gasteiger charge is 2.24. The number of unbranched alkanes of at least 4 members (excludes halogenated alkanes) is 12. The summed E-state index contributed by atoms with van der Waals surface area (Å²) in [6, 6.07) is 4.05. The first-order valence-corrected chi connectivity index (χ1v) is 14.2. The third-order valence-corrected chi connectivity index (χ3v) is 7.12. The quantitative estimate of drug-likeness (QED) is 0.208. The zero-order valence-corrected chi connectivity index (χ0v) is 23.2. The minimum atomic E-state index is -0.699. The van der Waals surface area contributed by atoms with E-state index in [2.05, 4.69) is 41.5 Å². The summed E-state index contributed by atoms with van der Waals surface area (Å²) >= 11 is 0. The van der Waals surface area contributed by atoms with E-state index in [4.69, 9.17) is 0 Å². The van der Waals surface area contributed by atoms with Crippen molar-refractivity contribution in [2.45, 2.75) is 149 Å². The summed E-state index contributed by atoms with van der Waals surface area (Å²) in [5, 5.41) is 20.6. The second-order valence-corrected chi connectivity index (χ2v) is 11.8. The minimum absolute atomic E-state index is 0.183. The van der Waals surface area contributed by atoms with Gasteiger partial charge in [0.15, 0.2) is 0 Å². The lowest BCUT2D eigenvalue weighted by Crippen LogP contribution is -2.18. The van der Waals surface area contributed by atoms with E-state index >= 15 is 0 Å². The normalized spacial score (nSPS) is 12.9. The first kappa shape index (κ1) is 30.5. The van der Waals surface area contributed by atoms with Crippen LogP contribution >= 0.6 is 0 Å². The van der Waals surface area contributed by atoms with Gasteiger partial charge in [0.2, 0.25) is 0 Å². The second-order valence-electron chi connectivity index (χ2n) is 11.8. The molecule has 0 saturated heterocycles. The predicted octanol–water partition coefficient (Wildman–Crippen LogP) is 9.54. The number of phenols is 1. The van der Waals surface area contributed by atoms with Crippen molar-refractivity contribution in [3.8, 4) is 5.75 Å². The standard InChI is InChI=1S/C31H54O3/c1-7-8-9-10-11-12-13-14-15-16-17-18-19-20-26(30(33)34)21-25-22-27(24(2)3)29(32)28(23-25)31(4,5)6/h22-24,26,32H,7-21H2,1-6H3,(H,33,34). The summed E-state index contributed by atoms with van der Waals surface area (Å²) in [6.45, 7) is 12.7. The van der Waals surface area contributed by atoms with Crippen LogP contribution in [0, 0.1) is 5.92 Å². The maximum Gasteiger partial charge on any atom is 0.306 e. The van der Waals surface area contributed by atoms with Gasteiger partial charge >= 0.3 is 5.97 Å². The highest BCUT2D eigenvalue weighted by molar-refractivity contribution is 5.70. The molecule has 0 spiro atoms. The number of phenolic OH excluding ortho intramolecular Hbond substituents is 1. The zero-order valence-electron chi connectivity index (χ0n) is 23.2. The van der Waals surface area contributed by atoms with Gasteiger partial charge in [0.1, 0.15) is 5.75 Å². The molecule has 1 aromatic carbocycles. The molecule has 196 valence electrons. The van der Waals surface area contributed by atoms with Crippen LogP contribution in [0.25, 0.3) is 0 Å². The number of carboxylic acid groups (broad SMARTS) is 1. The van der Waals surface area contributed by atoms with E-state index < -0.39 is 5.97 Å². The average Bonchev–Trinajstić information content (AvgIpc) is 2.75. The third-order valence-electron chi connectivity index (χ3n) is 7.12. The van der Waals surface area contributed by atoms with Gasteiger partial charge in [-0.15, -0.1) is 0 Å². The molecule has 0 aliphatic heterocycles. The summed E-state index contributed by atoms with van der Waals surface area (Å²) < 4.78 is 0. The van der Waals surface area contributed by atoms with Gasteiger partial charge in [-0.1, -0.05) is 137 Å². The topological polar surface area (TPSA) is 57.5 Å². The van der Waals surface area contributed by atoms with Crippen molar-refractivity contribution in [3.63, 3.8) is 0 Å². The summed E-state index contributed by atoms with van der Waals surface area (Å²) in [4.78, 5) is 12.0. The molecule has 0 radical (unpaired) electrons. The van der Waals surface area contributed by atoms with Gasteiger partial charge in [0.05, 0.1) is 5.92 Å². The van der Waals surface area contributed by atoms with E-state index in [1.54, 1.807) is 0 Å². The number of rotatable bonds is 18. The molecule has 0 saturated carbocycles. The van der Waals surface area contributed by atoms with Crippen LogP contribution in [0.5, 0.6) is 5.75 Å². The molecule has 0 aromatic heterocycles. The lowest BCUT2D eigenvalue weighted by Gasteiger charge is -2.25. The van der Waals surface area contributed by atoms with E-state index in [0.717, 1.165) is 36.0 Å². The van der Waals surface area contributed by atoms with Crippen molar-refractivity contribution in [1.82, 2.24) is 0 Å². The van der Waals surface area contributed by atoms with Crippen LogP contribution < -0.4 is 0 Å². The number of aliphatic carboxylic acids is 1. The molecule has 3 nitrogen and oxygen atoms in total. The van der Waals surface area contributed by atoms with Gasteiger partial charge in [-0.3, -0.25) is 4.79 Å². The fourth-order valence-electron chi connectivity index (χ4n) is 4.85. The molecule has 0 heterocycles. The maximum absolute atomic E-state index is 12.0. The molecule has 2 N–H and O–H groups in total.